The van der Waals surface area contributed by atoms with E-state index in [0.29, 0.717) is 6.54 Å². The fraction of sp³-hybridized carbons (Fsp3) is 0.462. The van der Waals surface area contributed by atoms with Crippen LogP contribution in [0, 0.1) is 0 Å². The van der Waals surface area contributed by atoms with Crippen molar-refractivity contribution in [2.24, 2.45) is 0 Å². The highest BCUT2D eigenvalue weighted by atomic mass is 35.6. The second-order valence-corrected chi connectivity index (χ2v) is 8.76. The summed E-state index contributed by atoms with van der Waals surface area (Å²) in [7, 11) is 0. The fourth-order valence-electron chi connectivity index (χ4n) is 2.20. The number of aryl methyl sites for hydroxylation is 1. The van der Waals surface area contributed by atoms with Crippen LogP contribution in [0.5, 0.6) is 0 Å². The maximum atomic E-state index is 11.5. The lowest BCUT2D eigenvalue weighted by molar-refractivity contribution is -0.129. The summed E-state index contributed by atoms with van der Waals surface area (Å²) in [6.07, 6.45) is 1.97. The number of rotatable bonds is 1. The molecule has 1 aromatic rings. The smallest absolute Gasteiger partial charge is 0.241 e. The highest BCUT2D eigenvalue weighted by Crippen LogP contribution is 2.44. The molecule has 1 amide bonds. The van der Waals surface area contributed by atoms with E-state index in [1.165, 1.54) is 17.3 Å². The Morgan fingerprint density at radius 3 is 2.68 bits per heavy atom. The number of carbonyl (C=O) groups is 1. The Hall–Kier alpha value is -0.0900. The molecule has 1 aliphatic rings. The Morgan fingerprint density at radius 2 is 2.05 bits per heavy atom. The molecule has 0 unspecified atom stereocenters. The molecule has 0 saturated carbocycles. The van der Waals surface area contributed by atoms with Gasteiger partial charge in [-0.3, -0.25) is 4.79 Å². The zero-order valence-corrected chi connectivity index (χ0v) is 13.5. The zero-order valence-electron chi connectivity index (χ0n) is 10.5. The largest absolute Gasteiger partial charge is 0.339 e. The average molecular weight is 339 g/mol. The maximum absolute atomic E-state index is 11.5. The summed E-state index contributed by atoms with van der Waals surface area (Å²) in [5.41, 5.74) is 2.42. The molecule has 0 radical (unpaired) electrons. The summed E-state index contributed by atoms with van der Waals surface area (Å²) in [5, 5.41) is 0. The zero-order chi connectivity index (χ0) is 14.0. The van der Waals surface area contributed by atoms with Crippen molar-refractivity contribution in [2.45, 2.75) is 34.3 Å². The van der Waals surface area contributed by atoms with E-state index < -0.39 is 3.12 Å². The first-order valence-electron chi connectivity index (χ1n) is 5.98. The van der Waals surface area contributed by atoms with Crippen molar-refractivity contribution in [3.63, 3.8) is 0 Å². The van der Waals surface area contributed by atoms with Crippen molar-refractivity contribution >= 4 is 52.5 Å². The van der Waals surface area contributed by atoms with E-state index in [4.69, 9.17) is 34.8 Å². The minimum atomic E-state index is -1.36. The second kappa shape index (κ2) is 6.13. The Balaban J connectivity index is 2.25. The molecule has 19 heavy (non-hydrogen) atoms. The Labute approximate surface area is 132 Å². The normalized spacial score (nSPS) is 15.9. The number of benzene rings is 1. The summed E-state index contributed by atoms with van der Waals surface area (Å²) in [5.74, 6) is 0.104. The summed E-state index contributed by atoms with van der Waals surface area (Å²) in [6.45, 7) is 3.04. The number of carbonyl (C=O) groups excluding carboxylic acids is 1. The highest BCUT2D eigenvalue weighted by Gasteiger charge is 2.23. The first-order valence-corrected chi connectivity index (χ1v) is 7.93. The van der Waals surface area contributed by atoms with Crippen LogP contribution in [0.2, 0.25) is 0 Å². The van der Waals surface area contributed by atoms with E-state index >= 15 is 0 Å². The number of amides is 1. The summed E-state index contributed by atoms with van der Waals surface area (Å²) in [4.78, 5) is 14.3. The number of nitrogens with zero attached hydrogens (tertiary/aromatic N) is 1. The molecule has 0 N–H and O–H groups in total. The molecular weight excluding hydrogens is 325 g/mol. The molecule has 0 aliphatic carbocycles. The molecule has 2 rings (SSSR count). The van der Waals surface area contributed by atoms with Gasteiger partial charge in [-0.2, -0.15) is 0 Å². The van der Waals surface area contributed by atoms with Crippen LogP contribution in [0.3, 0.4) is 0 Å². The van der Waals surface area contributed by atoms with Gasteiger partial charge < -0.3 is 4.90 Å². The van der Waals surface area contributed by atoms with Crippen molar-refractivity contribution < 1.29 is 4.79 Å². The minimum Gasteiger partial charge on any atom is -0.339 e. The van der Waals surface area contributed by atoms with Crippen LogP contribution in [0.4, 0.5) is 0 Å². The van der Waals surface area contributed by atoms with Gasteiger partial charge in [-0.1, -0.05) is 52.6 Å². The van der Waals surface area contributed by atoms with Crippen LogP contribution in [0.25, 0.3) is 0 Å². The third-order valence-electron chi connectivity index (χ3n) is 3.09. The standard InChI is InChI=1S/C13H14Cl3NOS/c1-9(18)17-6-2-3-10-4-5-12(7-11(10)8-17)19-13(14,15)16/h4-5,7H,2-3,6,8H2,1H3. The Kier molecular flexibility index (Phi) is 4.93. The van der Waals surface area contributed by atoms with E-state index in [-0.39, 0.29) is 5.91 Å². The van der Waals surface area contributed by atoms with E-state index in [1.807, 2.05) is 17.0 Å². The van der Waals surface area contributed by atoms with E-state index in [2.05, 4.69) is 6.07 Å². The summed E-state index contributed by atoms with van der Waals surface area (Å²) < 4.78 is -1.36. The predicted molar refractivity (Wildman–Crippen MR) is 82.0 cm³/mol. The number of halogens is 3. The van der Waals surface area contributed by atoms with Gasteiger partial charge in [0.25, 0.3) is 0 Å². The van der Waals surface area contributed by atoms with Crippen LogP contribution in [-0.2, 0) is 17.8 Å². The van der Waals surface area contributed by atoms with Gasteiger partial charge in [0.1, 0.15) is 0 Å². The quantitative estimate of drug-likeness (QED) is 0.559. The van der Waals surface area contributed by atoms with Gasteiger partial charge in [-0.05, 0) is 36.1 Å². The minimum absolute atomic E-state index is 0.104. The molecule has 0 atom stereocenters. The Bertz CT molecular complexity index is 487. The molecule has 2 nitrogen and oxygen atoms in total. The first-order chi connectivity index (χ1) is 8.85. The molecule has 104 valence electrons. The Morgan fingerprint density at radius 1 is 1.32 bits per heavy atom. The second-order valence-electron chi connectivity index (χ2n) is 4.52. The van der Waals surface area contributed by atoms with Crippen LogP contribution in [0.1, 0.15) is 24.5 Å². The van der Waals surface area contributed by atoms with Crippen LogP contribution < -0.4 is 0 Å². The van der Waals surface area contributed by atoms with Crippen LogP contribution in [0.15, 0.2) is 23.1 Å². The molecule has 1 aromatic carbocycles. The number of hydrogen-bond acceptors (Lipinski definition) is 2. The lowest BCUT2D eigenvalue weighted by Gasteiger charge is -2.19. The number of alkyl halides is 3. The van der Waals surface area contributed by atoms with Gasteiger partial charge in [0.15, 0.2) is 0 Å². The third kappa shape index (κ3) is 4.45. The third-order valence-corrected chi connectivity index (χ3v) is 4.51. The molecule has 1 aliphatic heterocycles. The molecular formula is C13H14Cl3NOS. The number of hydrogen-bond donors (Lipinski definition) is 0. The monoisotopic (exact) mass is 337 g/mol. The lowest BCUT2D eigenvalue weighted by atomic mass is 10.0. The molecule has 0 saturated heterocycles. The van der Waals surface area contributed by atoms with Gasteiger partial charge >= 0.3 is 0 Å². The van der Waals surface area contributed by atoms with Crippen LogP contribution >= 0.6 is 46.6 Å². The topological polar surface area (TPSA) is 20.3 Å². The highest BCUT2D eigenvalue weighted by molar-refractivity contribution is 8.04. The fourth-order valence-corrected chi connectivity index (χ4v) is 3.61. The summed E-state index contributed by atoms with van der Waals surface area (Å²) >= 11 is 18.6. The number of thioether (sulfide) groups is 1. The molecule has 1 heterocycles. The molecule has 0 fully saturated rings. The van der Waals surface area contributed by atoms with Crippen molar-refractivity contribution in [2.75, 3.05) is 6.54 Å². The predicted octanol–water partition coefficient (Wildman–Crippen LogP) is 4.40. The first kappa shape index (κ1) is 15.3. The lowest BCUT2D eigenvalue weighted by Crippen LogP contribution is -2.28. The van der Waals surface area contributed by atoms with E-state index in [0.717, 1.165) is 29.8 Å². The van der Waals surface area contributed by atoms with Gasteiger partial charge in [0.2, 0.25) is 9.03 Å². The van der Waals surface area contributed by atoms with Crippen molar-refractivity contribution in [3.05, 3.63) is 29.3 Å². The SMILES string of the molecule is CC(=O)N1CCCc2ccc(SC(Cl)(Cl)Cl)cc2C1. The molecule has 0 spiro atoms. The average Bonchev–Trinajstić information content (AvgIpc) is 2.48. The maximum Gasteiger partial charge on any atom is 0.241 e. The van der Waals surface area contributed by atoms with E-state index in [1.54, 1.807) is 6.92 Å². The molecule has 6 heteroatoms. The van der Waals surface area contributed by atoms with Gasteiger partial charge in [-0.25, -0.2) is 0 Å². The summed E-state index contributed by atoms with van der Waals surface area (Å²) in [6, 6.07) is 6.05. The molecule has 0 aromatic heterocycles. The number of fused-ring (bicyclic) bond motifs is 1. The molecule has 0 bridgehead atoms. The van der Waals surface area contributed by atoms with E-state index in [9.17, 15) is 4.79 Å². The van der Waals surface area contributed by atoms with Gasteiger partial charge in [-0.15, -0.1) is 0 Å². The van der Waals surface area contributed by atoms with Gasteiger partial charge in [0, 0.05) is 24.9 Å². The van der Waals surface area contributed by atoms with Crippen molar-refractivity contribution in [1.82, 2.24) is 4.90 Å². The van der Waals surface area contributed by atoms with Crippen LogP contribution in [-0.4, -0.2) is 20.5 Å². The van der Waals surface area contributed by atoms with Crippen molar-refractivity contribution in [3.8, 4) is 0 Å². The van der Waals surface area contributed by atoms with Crippen molar-refractivity contribution in [1.29, 1.82) is 0 Å². The van der Waals surface area contributed by atoms with Gasteiger partial charge in [0.05, 0.1) is 0 Å².